The van der Waals surface area contributed by atoms with Crippen molar-refractivity contribution in [2.24, 2.45) is 0 Å². The van der Waals surface area contributed by atoms with Gasteiger partial charge in [0.25, 0.3) is 0 Å². The molecular weight excluding hydrogens is 278 g/mol. The third-order valence-corrected chi connectivity index (χ3v) is 5.11. The van der Waals surface area contributed by atoms with Crippen molar-refractivity contribution in [2.75, 3.05) is 0 Å². The number of pyridine rings is 1. The molecule has 1 nitrogen and oxygen atoms in total. The molecule has 1 heteroatoms. The van der Waals surface area contributed by atoms with Gasteiger partial charge in [-0.1, -0.05) is 73.4 Å². The summed E-state index contributed by atoms with van der Waals surface area (Å²) in [6, 6.07) is 19.8. The van der Waals surface area contributed by atoms with Crippen molar-refractivity contribution in [1.29, 1.82) is 0 Å². The lowest BCUT2D eigenvalue weighted by atomic mass is 9.86. The standard InChI is InChI=1S/C22H23N/c1-16-11-13-18(14-12-16)22-20-10-6-5-9-19(20)15-21(23-22)17-7-3-2-4-8-17/h5-6,9-15,17H,2-4,7-8H2,1H3. The van der Waals surface area contributed by atoms with Crippen LogP contribution in [0.15, 0.2) is 54.6 Å². The van der Waals surface area contributed by atoms with Crippen LogP contribution in [0.2, 0.25) is 0 Å². The number of hydrogen-bond donors (Lipinski definition) is 0. The number of benzene rings is 2. The minimum absolute atomic E-state index is 0.637. The van der Waals surface area contributed by atoms with E-state index in [-0.39, 0.29) is 0 Å². The molecule has 0 saturated heterocycles. The van der Waals surface area contributed by atoms with Gasteiger partial charge in [-0.3, -0.25) is 4.98 Å². The first-order chi connectivity index (χ1) is 11.3. The lowest BCUT2D eigenvalue weighted by Crippen LogP contribution is -2.07. The quantitative estimate of drug-likeness (QED) is 0.544. The molecule has 4 rings (SSSR count). The summed E-state index contributed by atoms with van der Waals surface area (Å²) >= 11 is 0. The van der Waals surface area contributed by atoms with Gasteiger partial charge in [-0.05, 0) is 31.2 Å². The molecule has 1 fully saturated rings. The van der Waals surface area contributed by atoms with Crippen LogP contribution in [0.3, 0.4) is 0 Å². The number of hydrogen-bond acceptors (Lipinski definition) is 1. The van der Waals surface area contributed by atoms with E-state index in [0.29, 0.717) is 5.92 Å². The van der Waals surface area contributed by atoms with E-state index in [4.69, 9.17) is 4.98 Å². The number of nitrogens with zero attached hydrogens (tertiary/aromatic N) is 1. The van der Waals surface area contributed by atoms with Crippen molar-refractivity contribution >= 4 is 10.8 Å². The zero-order valence-corrected chi connectivity index (χ0v) is 13.8. The molecule has 0 radical (unpaired) electrons. The maximum Gasteiger partial charge on any atom is 0.0783 e. The van der Waals surface area contributed by atoms with E-state index in [9.17, 15) is 0 Å². The number of rotatable bonds is 2. The fourth-order valence-corrected chi connectivity index (χ4v) is 3.76. The molecule has 1 aliphatic carbocycles. The fourth-order valence-electron chi connectivity index (χ4n) is 3.76. The molecule has 0 atom stereocenters. The second-order valence-electron chi connectivity index (χ2n) is 6.82. The molecule has 3 aromatic rings. The van der Waals surface area contributed by atoms with E-state index < -0.39 is 0 Å². The molecule has 0 aliphatic heterocycles. The van der Waals surface area contributed by atoms with E-state index >= 15 is 0 Å². The van der Waals surface area contributed by atoms with Crippen LogP contribution in [-0.4, -0.2) is 4.98 Å². The Hall–Kier alpha value is -2.15. The zero-order chi connectivity index (χ0) is 15.6. The molecule has 0 bridgehead atoms. The molecule has 2 aromatic carbocycles. The lowest BCUT2D eigenvalue weighted by Gasteiger charge is -2.22. The smallest absolute Gasteiger partial charge is 0.0783 e. The second-order valence-corrected chi connectivity index (χ2v) is 6.82. The minimum Gasteiger partial charge on any atom is -0.252 e. The highest BCUT2D eigenvalue weighted by Gasteiger charge is 2.18. The van der Waals surface area contributed by atoms with Gasteiger partial charge in [0.2, 0.25) is 0 Å². The first kappa shape index (κ1) is 14.4. The highest BCUT2D eigenvalue weighted by atomic mass is 14.7. The van der Waals surface area contributed by atoms with Gasteiger partial charge >= 0.3 is 0 Å². The van der Waals surface area contributed by atoms with Gasteiger partial charge in [-0.25, -0.2) is 0 Å². The Morgan fingerprint density at radius 2 is 1.61 bits per heavy atom. The predicted molar refractivity (Wildman–Crippen MR) is 97.7 cm³/mol. The summed E-state index contributed by atoms with van der Waals surface area (Å²) in [7, 11) is 0. The van der Waals surface area contributed by atoms with Gasteiger partial charge in [0.1, 0.15) is 0 Å². The summed E-state index contributed by atoms with van der Waals surface area (Å²) < 4.78 is 0. The summed E-state index contributed by atoms with van der Waals surface area (Å²) in [5.74, 6) is 0.637. The van der Waals surface area contributed by atoms with Crippen LogP contribution in [0.25, 0.3) is 22.0 Å². The first-order valence-electron chi connectivity index (χ1n) is 8.78. The largest absolute Gasteiger partial charge is 0.252 e. The van der Waals surface area contributed by atoms with Gasteiger partial charge in [0.15, 0.2) is 0 Å². The van der Waals surface area contributed by atoms with Crippen molar-refractivity contribution in [2.45, 2.75) is 44.9 Å². The van der Waals surface area contributed by atoms with Crippen molar-refractivity contribution in [3.05, 3.63) is 65.9 Å². The Labute approximate surface area is 138 Å². The van der Waals surface area contributed by atoms with Crippen molar-refractivity contribution in [3.8, 4) is 11.3 Å². The summed E-state index contributed by atoms with van der Waals surface area (Å²) in [5.41, 5.74) is 4.95. The Bertz CT molecular complexity index is 811. The van der Waals surface area contributed by atoms with Crippen molar-refractivity contribution in [1.82, 2.24) is 4.98 Å². The minimum atomic E-state index is 0.637. The average molecular weight is 301 g/mol. The van der Waals surface area contributed by atoms with E-state index in [0.717, 1.165) is 5.69 Å². The highest BCUT2D eigenvalue weighted by molar-refractivity contribution is 5.94. The molecule has 116 valence electrons. The Morgan fingerprint density at radius 1 is 0.870 bits per heavy atom. The topological polar surface area (TPSA) is 12.9 Å². The van der Waals surface area contributed by atoms with Crippen LogP contribution in [-0.2, 0) is 0 Å². The molecule has 1 aliphatic rings. The van der Waals surface area contributed by atoms with Gasteiger partial charge in [-0.2, -0.15) is 0 Å². The number of aromatic nitrogens is 1. The Balaban J connectivity index is 1.88. The molecule has 1 aromatic heterocycles. The summed E-state index contributed by atoms with van der Waals surface area (Å²) in [4.78, 5) is 5.12. The zero-order valence-electron chi connectivity index (χ0n) is 13.8. The molecule has 23 heavy (non-hydrogen) atoms. The van der Waals surface area contributed by atoms with Gasteiger partial charge in [0.05, 0.1) is 5.69 Å². The van der Waals surface area contributed by atoms with Gasteiger partial charge in [0, 0.05) is 22.6 Å². The SMILES string of the molecule is Cc1ccc(-c2nc(C3CCCCC3)cc3ccccc23)cc1. The van der Waals surface area contributed by atoms with Crippen molar-refractivity contribution < 1.29 is 0 Å². The summed E-state index contributed by atoms with van der Waals surface area (Å²) in [6.07, 6.45) is 6.66. The number of fused-ring (bicyclic) bond motifs is 1. The van der Waals surface area contributed by atoms with Crippen LogP contribution in [0.4, 0.5) is 0 Å². The molecule has 1 saturated carbocycles. The van der Waals surface area contributed by atoms with Crippen LogP contribution in [0.5, 0.6) is 0 Å². The predicted octanol–water partition coefficient (Wildman–Crippen LogP) is 6.26. The van der Waals surface area contributed by atoms with E-state index in [1.54, 1.807) is 0 Å². The Morgan fingerprint density at radius 3 is 2.39 bits per heavy atom. The van der Waals surface area contributed by atoms with E-state index in [1.165, 1.54) is 59.7 Å². The summed E-state index contributed by atoms with van der Waals surface area (Å²) in [6.45, 7) is 2.13. The third-order valence-electron chi connectivity index (χ3n) is 5.11. The molecule has 0 N–H and O–H groups in total. The molecule has 0 amide bonds. The molecule has 0 spiro atoms. The maximum atomic E-state index is 5.12. The number of aryl methyl sites for hydroxylation is 1. The molecule has 0 unspecified atom stereocenters. The van der Waals surface area contributed by atoms with Gasteiger partial charge < -0.3 is 0 Å². The van der Waals surface area contributed by atoms with Crippen molar-refractivity contribution in [3.63, 3.8) is 0 Å². The highest BCUT2D eigenvalue weighted by Crippen LogP contribution is 2.35. The van der Waals surface area contributed by atoms with Crippen LogP contribution < -0.4 is 0 Å². The average Bonchev–Trinajstić information content (AvgIpc) is 2.62. The first-order valence-corrected chi connectivity index (χ1v) is 8.78. The lowest BCUT2D eigenvalue weighted by molar-refractivity contribution is 0.437. The second kappa shape index (κ2) is 6.16. The third kappa shape index (κ3) is 2.88. The Kier molecular flexibility index (Phi) is 3.87. The van der Waals surface area contributed by atoms with Crippen LogP contribution >= 0.6 is 0 Å². The van der Waals surface area contributed by atoms with Crippen LogP contribution in [0, 0.1) is 6.92 Å². The normalized spacial score (nSPS) is 15.9. The summed E-state index contributed by atoms with van der Waals surface area (Å²) in [5, 5.41) is 2.58. The maximum absolute atomic E-state index is 5.12. The molecule has 1 heterocycles. The van der Waals surface area contributed by atoms with E-state index in [1.807, 2.05) is 0 Å². The van der Waals surface area contributed by atoms with E-state index in [2.05, 4.69) is 61.5 Å². The fraction of sp³-hybridized carbons (Fsp3) is 0.318. The van der Waals surface area contributed by atoms with Gasteiger partial charge in [-0.15, -0.1) is 0 Å². The molecular formula is C22H23N. The van der Waals surface area contributed by atoms with Crippen LogP contribution in [0.1, 0.15) is 49.3 Å². The monoisotopic (exact) mass is 301 g/mol.